The first-order valence-electron chi connectivity index (χ1n) is 6.68. The molecule has 6 nitrogen and oxygen atoms in total. The van der Waals surface area contributed by atoms with Crippen molar-refractivity contribution in [3.63, 3.8) is 0 Å². The molecule has 0 bridgehead atoms. The first-order chi connectivity index (χ1) is 11.1. The molecule has 0 aliphatic carbocycles. The molecule has 0 aliphatic rings. The standard InChI is InChI=1S/C15H12ClN3O3S/c16-9-3-1-8(2-4-9)10-6-23-14-12(10)13(17-7-18-14)19-11(5-20)15(21)22/h1-4,6-7,11,20H,5H2,(H,21,22)(H,17,18,19). The summed E-state index contributed by atoms with van der Waals surface area (Å²) in [5.74, 6) is -0.773. The number of nitrogens with one attached hydrogen (secondary N) is 1. The van der Waals surface area contributed by atoms with Crippen molar-refractivity contribution in [1.29, 1.82) is 0 Å². The first-order valence-corrected chi connectivity index (χ1v) is 7.94. The predicted octanol–water partition coefficient (Wildman–Crippen LogP) is 2.87. The van der Waals surface area contributed by atoms with Gasteiger partial charge < -0.3 is 15.5 Å². The average molecular weight is 350 g/mol. The second kappa shape index (κ2) is 6.49. The molecule has 1 aromatic carbocycles. The number of rotatable bonds is 5. The Labute approximate surface area is 140 Å². The van der Waals surface area contributed by atoms with E-state index in [0.717, 1.165) is 21.3 Å². The van der Waals surface area contributed by atoms with Crippen LogP contribution in [0.15, 0.2) is 36.0 Å². The number of halogens is 1. The second-order valence-corrected chi connectivity index (χ2v) is 6.07. The molecule has 1 atom stereocenters. The van der Waals surface area contributed by atoms with Gasteiger partial charge in [-0.15, -0.1) is 11.3 Å². The number of hydrogen-bond acceptors (Lipinski definition) is 6. The topological polar surface area (TPSA) is 95.3 Å². The number of fused-ring (bicyclic) bond motifs is 1. The normalized spacial score (nSPS) is 12.3. The number of aliphatic hydroxyl groups excluding tert-OH is 1. The first kappa shape index (κ1) is 15.7. The molecule has 1 unspecified atom stereocenters. The van der Waals surface area contributed by atoms with Gasteiger partial charge in [0.15, 0.2) is 0 Å². The molecule has 2 aromatic heterocycles. The predicted molar refractivity (Wildman–Crippen MR) is 90.0 cm³/mol. The molecule has 0 saturated carbocycles. The molecular formula is C15H12ClN3O3S. The monoisotopic (exact) mass is 349 g/mol. The highest BCUT2D eigenvalue weighted by atomic mass is 35.5. The van der Waals surface area contributed by atoms with E-state index >= 15 is 0 Å². The number of anilines is 1. The van der Waals surface area contributed by atoms with Crippen molar-refractivity contribution in [2.75, 3.05) is 11.9 Å². The Morgan fingerprint density at radius 3 is 2.70 bits per heavy atom. The maximum atomic E-state index is 11.1. The van der Waals surface area contributed by atoms with E-state index in [-0.39, 0.29) is 0 Å². The molecule has 2 heterocycles. The molecule has 3 N–H and O–H groups in total. The number of aliphatic hydroxyl groups is 1. The second-order valence-electron chi connectivity index (χ2n) is 4.78. The van der Waals surface area contributed by atoms with Crippen LogP contribution in [-0.2, 0) is 4.79 Å². The lowest BCUT2D eigenvalue weighted by Crippen LogP contribution is -2.33. The van der Waals surface area contributed by atoms with Crippen molar-refractivity contribution in [1.82, 2.24) is 9.97 Å². The molecular weight excluding hydrogens is 338 g/mol. The van der Waals surface area contributed by atoms with Crippen LogP contribution in [0.4, 0.5) is 5.82 Å². The molecule has 0 amide bonds. The molecule has 0 fully saturated rings. The number of carboxylic acids is 1. The molecule has 8 heteroatoms. The van der Waals surface area contributed by atoms with E-state index in [4.69, 9.17) is 16.7 Å². The van der Waals surface area contributed by atoms with Crippen LogP contribution in [0.2, 0.25) is 5.02 Å². The average Bonchev–Trinajstić information content (AvgIpc) is 2.98. The summed E-state index contributed by atoms with van der Waals surface area (Å²) in [5.41, 5.74) is 1.81. The minimum absolute atomic E-state index is 0.377. The van der Waals surface area contributed by atoms with Crippen molar-refractivity contribution in [2.24, 2.45) is 0 Å². The van der Waals surface area contributed by atoms with Gasteiger partial charge in [0, 0.05) is 16.0 Å². The summed E-state index contributed by atoms with van der Waals surface area (Å²) in [6.07, 6.45) is 1.36. The zero-order chi connectivity index (χ0) is 16.4. The molecule has 23 heavy (non-hydrogen) atoms. The lowest BCUT2D eigenvalue weighted by atomic mass is 10.1. The Morgan fingerprint density at radius 1 is 1.30 bits per heavy atom. The number of benzene rings is 1. The molecule has 0 spiro atoms. The summed E-state index contributed by atoms with van der Waals surface area (Å²) in [6, 6.07) is 6.18. The highest BCUT2D eigenvalue weighted by molar-refractivity contribution is 7.17. The Bertz CT molecular complexity index is 851. The number of hydrogen-bond donors (Lipinski definition) is 3. The molecule has 0 saturated heterocycles. The van der Waals surface area contributed by atoms with Gasteiger partial charge in [-0.05, 0) is 17.7 Å². The third-order valence-corrected chi connectivity index (χ3v) is 4.46. The van der Waals surface area contributed by atoms with E-state index in [9.17, 15) is 9.90 Å². The zero-order valence-electron chi connectivity index (χ0n) is 11.7. The highest BCUT2D eigenvalue weighted by Gasteiger charge is 2.20. The third-order valence-electron chi connectivity index (χ3n) is 3.32. The van der Waals surface area contributed by atoms with Gasteiger partial charge in [-0.2, -0.15) is 0 Å². The summed E-state index contributed by atoms with van der Waals surface area (Å²) in [5, 5.41) is 24.3. The van der Waals surface area contributed by atoms with Crippen LogP contribution in [0.5, 0.6) is 0 Å². The van der Waals surface area contributed by atoms with Crippen LogP contribution in [0, 0.1) is 0 Å². The van der Waals surface area contributed by atoms with Crippen molar-refractivity contribution in [3.05, 3.63) is 41.0 Å². The molecule has 0 aliphatic heterocycles. The van der Waals surface area contributed by atoms with Crippen molar-refractivity contribution < 1.29 is 15.0 Å². The largest absolute Gasteiger partial charge is 0.480 e. The number of aromatic nitrogens is 2. The van der Waals surface area contributed by atoms with E-state index in [2.05, 4.69) is 15.3 Å². The quantitative estimate of drug-likeness (QED) is 0.655. The van der Waals surface area contributed by atoms with Crippen LogP contribution in [0.25, 0.3) is 21.3 Å². The summed E-state index contributed by atoms with van der Waals surface area (Å²) in [6.45, 7) is -0.540. The lowest BCUT2D eigenvalue weighted by molar-refractivity contribution is -0.138. The summed E-state index contributed by atoms with van der Waals surface area (Å²) >= 11 is 7.35. The fourth-order valence-corrected chi connectivity index (χ4v) is 3.22. The maximum absolute atomic E-state index is 11.1. The van der Waals surface area contributed by atoms with Crippen molar-refractivity contribution >= 4 is 44.9 Å². The molecule has 3 aromatic rings. The number of carboxylic acid groups (broad SMARTS) is 1. The molecule has 118 valence electrons. The highest BCUT2D eigenvalue weighted by Crippen LogP contribution is 2.36. The Kier molecular flexibility index (Phi) is 4.42. The number of aliphatic carboxylic acids is 1. The maximum Gasteiger partial charge on any atom is 0.328 e. The van der Waals surface area contributed by atoms with Gasteiger partial charge in [-0.3, -0.25) is 0 Å². The van der Waals surface area contributed by atoms with Gasteiger partial charge in [0.05, 0.1) is 12.0 Å². The van der Waals surface area contributed by atoms with Crippen LogP contribution >= 0.6 is 22.9 Å². The van der Waals surface area contributed by atoms with Crippen LogP contribution in [0.1, 0.15) is 0 Å². The fourth-order valence-electron chi connectivity index (χ4n) is 2.18. The van der Waals surface area contributed by atoms with E-state index in [0.29, 0.717) is 10.8 Å². The minimum atomic E-state index is -1.15. The lowest BCUT2D eigenvalue weighted by Gasteiger charge is -2.13. The van der Waals surface area contributed by atoms with Crippen molar-refractivity contribution in [2.45, 2.75) is 6.04 Å². The van der Waals surface area contributed by atoms with Gasteiger partial charge in [-0.25, -0.2) is 14.8 Å². The zero-order valence-corrected chi connectivity index (χ0v) is 13.3. The van der Waals surface area contributed by atoms with Gasteiger partial charge in [0.25, 0.3) is 0 Å². The van der Waals surface area contributed by atoms with E-state index < -0.39 is 18.6 Å². The van der Waals surface area contributed by atoms with Gasteiger partial charge in [0.1, 0.15) is 23.0 Å². The SMILES string of the molecule is O=C(O)C(CO)Nc1ncnc2scc(-c3ccc(Cl)cc3)c12. The summed E-state index contributed by atoms with van der Waals surface area (Å²) < 4.78 is 0. The molecule has 3 rings (SSSR count). The van der Waals surface area contributed by atoms with Crippen LogP contribution in [-0.4, -0.2) is 38.8 Å². The Morgan fingerprint density at radius 2 is 2.04 bits per heavy atom. The van der Waals surface area contributed by atoms with E-state index in [1.807, 2.05) is 17.5 Å². The van der Waals surface area contributed by atoms with E-state index in [1.165, 1.54) is 17.7 Å². The molecule has 0 radical (unpaired) electrons. The Hall–Kier alpha value is -2.22. The minimum Gasteiger partial charge on any atom is -0.480 e. The number of carbonyl (C=O) groups is 1. The van der Waals surface area contributed by atoms with E-state index in [1.54, 1.807) is 12.1 Å². The van der Waals surface area contributed by atoms with Gasteiger partial charge in [-0.1, -0.05) is 23.7 Å². The van der Waals surface area contributed by atoms with Crippen LogP contribution < -0.4 is 5.32 Å². The third kappa shape index (κ3) is 3.12. The number of thiophene rings is 1. The smallest absolute Gasteiger partial charge is 0.328 e. The Balaban J connectivity index is 2.10. The van der Waals surface area contributed by atoms with Gasteiger partial charge in [0.2, 0.25) is 0 Å². The summed E-state index contributed by atoms with van der Waals surface area (Å²) in [7, 11) is 0. The number of nitrogens with zero attached hydrogens (tertiary/aromatic N) is 2. The van der Waals surface area contributed by atoms with Crippen LogP contribution in [0.3, 0.4) is 0 Å². The fraction of sp³-hybridized carbons (Fsp3) is 0.133. The van der Waals surface area contributed by atoms with Gasteiger partial charge >= 0.3 is 5.97 Å². The van der Waals surface area contributed by atoms with Crippen molar-refractivity contribution in [3.8, 4) is 11.1 Å². The summed E-state index contributed by atoms with van der Waals surface area (Å²) in [4.78, 5) is 20.2.